The highest BCUT2D eigenvalue weighted by atomic mass is 79.9. The van der Waals surface area contributed by atoms with Crippen molar-refractivity contribution < 1.29 is 5.11 Å². The van der Waals surface area contributed by atoms with Crippen LogP contribution in [0.2, 0.25) is 0 Å². The summed E-state index contributed by atoms with van der Waals surface area (Å²) in [7, 11) is 0. The molecular formula is C12H16Br2N2O. The smallest absolute Gasteiger partial charge is 0.140 e. The number of nitrogens with one attached hydrogen (secondary N) is 1. The van der Waals surface area contributed by atoms with Gasteiger partial charge in [0.2, 0.25) is 0 Å². The van der Waals surface area contributed by atoms with Crippen molar-refractivity contribution in [1.82, 2.24) is 4.98 Å². The van der Waals surface area contributed by atoms with Crippen molar-refractivity contribution >= 4 is 37.7 Å². The van der Waals surface area contributed by atoms with E-state index in [1.807, 2.05) is 6.07 Å². The van der Waals surface area contributed by atoms with E-state index in [0.29, 0.717) is 5.92 Å². The summed E-state index contributed by atoms with van der Waals surface area (Å²) in [5.74, 6) is 1.42. The highest BCUT2D eigenvalue weighted by Gasteiger charge is 2.20. The largest absolute Gasteiger partial charge is 0.393 e. The summed E-state index contributed by atoms with van der Waals surface area (Å²) in [4.78, 5) is 4.31. The van der Waals surface area contributed by atoms with Gasteiger partial charge in [-0.25, -0.2) is 4.98 Å². The van der Waals surface area contributed by atoms with Gasteiger partial charge in [0.1, 0.15) is 5.82 Å². The molecule has 17 heavy (non-hydrogen) atoms. The lowest BCUT2D eigenvalue weighted by Gasteiger charge is -2.26. The van der Waals surface area contributed by atoms with Gasteiger partial charge in [0, 0.05) is 17.2 Å². The number of rotatable bonds is 3. The Balaban J connectivity index is 1.88. The molecule has 94 valence electrons. The highest BCUT2D eigenvalue weighted by Crippen LogP contribution is 2.27. The van der Waals surface area contributed by atoms with Gasteiger partial charge < -0.3 is 10.4 Å². The Morgan fingerprint density at radius 2 is 2.24 bits per heavy atom. The first-order chi connectivity index (χ1) is 8.15. The van der Waals surface area contributed by atoms with E-state index in [4.69, 9.17) is 0 Å². The molecule has 0 radical (unpaired) electrons. The summed E-state index contributed by atoms with van der Waals surface area (Å²) in [5, 5.41) is 12.9. The SMILES string of the molecule is OC1CCCC(CNc2ncc(Br)cc2Br)C1. The second-order valence-corrected chi connectivity index (χ2v) is 6.32. The second kappa shape index (κ2) is 6.16. The van der Waals surface area contributed by atoms with Gasteiger partial charge in [-0.2, -0.15) is 0 Å². The number of anilines is 1. The van der Waals surface area contributed by atoms with Crippen molar-refractivity contribution in [1.29, 1.82) is 0 Å². The molecule has 1 fully saturated rings. The van der Waals surface area contributed by atoms with Crippen molar-refractivity contribution in [2.24, 2.45) is 5.92 Å². The van der Waals surface area contributed by atoms with E-state index in [-0.39, 0.29) is 6.10 Å². The second-order valence-electron chi connectivity index (χ2n) is 4.55. The van der Waals surface area contributed by atoms with Gasteiger partial charge in [-0.05, 0) is 63.1 Å². The van der Waals surface area contributed by atoms with E-state index in [2.05, 4.69) is 42.2 Å². The molecule has 2 rings (SSSR count). The Morgan fingerprint density at radius 3 is 2.94 bits per heavy atom. The molecule has 1 aliphatic rings. The molecule has 5 heteroatoms. The zero-order valence-electron chi connectivity index (χ0n) is 9.50. The van der Waals surface area contributed by atoms with Gasteiger partial charge in [-0.3, -0.25) is 0 Å². The number of hydrogen-bond donors (Lipinski definition) is 2. The number of aliphatic hydroxyl groups is 1. The topological polar surface area (TPSA) is 45.1 Å². The van der Waals surface area contributed by atoms with Gasteiger partial charge in [0.15, 0.2) is 0 Å². The van der Waals surface area contributed by atoms with Crippen LogP contribution in [-0.4, -0.2) is 22.7 Å². The van der Waals surface area contributed by atoms with Crippen LogP contribution in [0.15, 0.2) is 21.2 Å². The number of halogens is 2. The van der Waals surface area contributed by atoms with Crippen LogP contribution < -0.4 is 5.32 Å². The lowest BCUT2D eigenvalue weighted by molar-refractivity contribution is 0.104. The Labute approximate surface area is 118 Å². The summed E-state index contributed by atoms with van der Waals surface area (Å²) >= 11 is 6.86. The molecule has 2 N–H and O–H groups in total. The zero-order valence-corrected chi connectivity index (χ0v) is 12.7. The van der Waals surface area contributed by atoms with Gasteiger partial charge in [-0.15, -0.1) is 0 Å². The van der Waals surface area contributed by atoms with Crippen LogP contribution in [0.5, 0.6) is 0 Å². The monoisotopic (exact) mass is 362 g/mol. The molecule has 3 nitrogen and oxygen atoms in total. The number of aliphatic hydroxyl groups excluding tert-OH is 1. The summed E-state index contributed by atoms with van der Waals surface area (Å²) < 4.78 is 1.92. The van der Waals surface area contributed by atoms with Crippen LogP contribution in [-0.2, 0) is 0 Å². The van der Waals surface area contributed by atoms with E-state index < -0.39 is 0 Å². The van der Waals surface area contributed by atoms with E-state index in [9.17, 15) is 5.11 Å². The van der Waals surface area contributed by atoms with Crippen molar-refractivity contribution in [3.63, 3.8) is 0 Å². The molecule has 0 amide bonds. The van der Waals surface area contributed by atoms with Crippen molar-refractivity contribution in [3.8, 4) is 0 Å². The van der Waals surface area contributed by atoms with Crippen LogP contribution in [0.3, 0.4) is 0 Å². The molecule has 2 unspecified atom stereocenters. The van der Waals surface area contributed by atoms with Crippen molar-refractivity contribution in [2.45, 2.75) is 31.8 Å². The fourth-order valence-electron chi connectivity index (χ4n) is 2.23. The van der Waals surface area contributed by atoms with Crippen molar-refractivity contribution in [2.75, 3.05) is 11.9 Å². The first-order valence-corrected chi connectivity index (χ1v) is 7.46. The summed E-state index contributed by atoms with van der Waals surface area (Å²) in [6.45, 7) is 0.879. The van der Waals surface area contributed by atoms with Crippen molar-refractivity contribution in [3.05, 3.63) is 21.2 Å². The first kappa shape index (κ1) is 13.3. The van der Waals surface area contributed by atoms with E-state index in [1.54, 1.807) is 6.20 Å². The van der Waals surface area contributed by atoms with Gasteiger partial charge in [0.05, 0.1) is 10.6 Å². The minimum Gasteiger partial charge on any atom is -0.393 e. The van der Waals surface area contributed by atoms with Gasteiger partial charge in [0.25, 0.3) is 0 Å². The third kappa shape index (κ3) is 3.93. The number of aromatic nitrogens is 1. The highest BCUT2D eigenvalue weighted by molar-refractivity contribution is 9.11. The average Bonchev–Trinajstić information content (AvgIpc) is 2.28. The fourth-order valence-corrected chi connectivity index (χ4v) is 3.36. The van der Waals surface area contributed by atoms with E-state index in [1.165, 1.54) is 6.42 Å². The molecule has 1 aromatic heterocycles. The Kier molecular flexibility index (Phi) is 4.82. The Hall–Kier alpha value is -0.130. The molecule has 0 aromatic carbocycles. The van der Waals surface area contributed by atoms with Gasteiger partial charge in [-0.1, -0.05) is 6.42 Å². The lowest BCUT2D eigenvalue weighted by atomic mass is 9.87. The van der Waals surface area contributed by atoms with Crippen LogP contribution >= 0.6 is 31.9 Å². The minimum absolute atomic E-state index is 0.114. The molecule has 0 saturated heterocycles. The molecular weight excluding hydrogens is 348 g/mol. The molecule has 1 saturated carbocycles. The molecule has 1 heterocycles. The van der Waals surface area contributed by atoms with Crippen LogP contribution in [0, 0.1) is 5.92 Å². The predicted octanol–water partition coefficient (Wildman–Crippen LogP) is 3.57. The standard InChI is InChI=1S/C12H16Br2N2O/c13-9-5-11(14)12(16-7-9)15-6-8-2-1-3-10(17)4-8/h5,7-8,10,17H,1-4,6H2,(H,15,16). The first-order valence-electron chi connectivity index (χ1n) is 5.88. The molecule has 1 aromatic rings. The Morgan fingerprint density at radius 1 is 1.41 bits per heavy atom. The Bertz CT molecular complexity index is 387. The van der Waals surface area contributed by atoms with Crippen LogP contribution in [0.4, 0.5) is 5.82 Å². The molecule has 0 aliphatic heterocycles. The molecule has 1 aliphatic carbocycles. The van der Waals surface area contributed by atoms with Crippen LogP contribution in [0.25, 0.3) is 0 Å². The van der Waals surface area contributed by atoms with Crippen LogP contribution in [0.1, 0.15) is 25.7 Å². The maximum absolute atomic E-state index is 9.61. The maximum Gasteiger partial charge on any atom is 0.140 e. The number of pyridine rings is 1. The summed E-state index contributed by atoms with van der Waals surface area (Å²) in [6, 6.07) is 1.98. The van der Waals surface area contributed by atoms with E-state index >= 15 is 0 Å². The number of hydrogen-bond acceptors (Lipinski definition) is 3. The van der Waals surface area contributed by atoms with E-state index in [0.717, 1.165) is 40.6 Å². The molecule has 2 atom stereocenters. The molecule has 0 bridgehead atoms. The predicted molar refractivity (Wildman–Crippen MR) is 76.1 cm³/mol. The lowest BCUT2D eigenvalue weighted by Crippen LogP contribution is -2.25. The summed E-state index contributed by atoms with van der Waals surface area (Å²) in [5.41, 5.74) is 0. The molecule has 0 spiro atoms. The summed E-state index contributed by atoms with van der Waals surface area (Å²) in [6.07, 6.45) is 5.85. The zero-order chi connectivity index (χ0) is 12.3. The minimum atomic E-state index is -0.114. The van der Waals surface area contributed by atoms with Gasteiger partial charge >= 0.3 is 0 Å². The quantitative estimate of drug-likeness (QED) is 0.862. The number of nitrogens with zero attached hydrogens (tertiary/aromatic N) is 1. The maximum atomic E-state index is 9.61. The average molecular weight is 364 g/mol. The third-order valence-electron chi connectivity index (χ3n) is 3.12. The normalized spacial score (nSPS) is 24.6. The third-order valence-corrected chi connectivity index (χ3v) is 4.16. The fraction of sp³-hybridized carbons (Fsp3) is 0.583.